The van der Waals surface area contributed by atoms with Crippen molar-refractivity contribution in [3.63, 3.8) is 0 Å². The van der Waals surface area contributed by atoms with E-state index < -0.39 is 0 Å². The summed E-state index contributed by atoms with van der Waals surface area (Å²) in [7, 11) is 0. The van der Waals surface area contributed by atoms with Gasteiger partial charge in [-0.2, -0.15) is 0 Å². The van der Waals surface area contributed by atoms with Gasteiger partial charge in [-0.3, -0.25) is 4.79 Å². The van der Waals surface area contributed by atoms with Crippen molar-refractivity contribution in [2.45, 2.75) is 70.6 Å². The number of hydrogen-bond acceptors (Lipinski definition) is 3. The molecule has 0 saturated carbocycles. The normalized spacial score (nSPS) is 26.2. The van der Waals surface area contributed by atoms with E-state index in [0.717, 1.165) is 51.9 Å². The third-order valence-electron chi connectivity index (χ3n) is 5.87. The molecule has 25 heavy (non-hydrogen) atoms. The third-order valence-corrected chi connectivity index (χ3v) is 6.45. The van der Waals surface area contributed by atoms with Gasteiger partial charge in [0.15, 0.2) is 0 Å². The molecule has 1 amide bonds. The van der Waals surface area contributed by atoms with Crippen LogP contribution in [0.25, 0.3) is 11.0 Å². The summed E-state index contributed by atoms with van der Waals surface area (Å²) in [5.41, 5.74) is 3.65. The fraction of sp³-hybridized carbons (Fsp3) is 0.550. The number of aliphatic hydroxyl groups is 1. The fourth-order valence-electron chi connectivity index (χ4n) is 4.75. The SMILES string of the molecule is Cc1cc2occ(CC(=O)N3[C@@H]4CCC[C@H]3CC(O)C4)c2c(C)c1Cl. The van der Waals surface area contributed by atoms with Crippen LogP contribution in [0, 0.1) is 13.8 Å². The highest BCUT2D eigenvalue weighted by atomic mass is 35.5. The van der Waals surface area contributed by atoms with Gasteiger partial charge in [-0.05, 0) is 63.1 Å². The van der Waals surface area contributed by atoms with Crippen LogP contribution in [0.4, 0.5) is 0 Å². The molecule has 2 aliphatic heterocycles. The number of aryl methyl sites for hydroxylation is 2. The lowest BCUT2D eigenvalue weighted by molar-refractivity contribution is -0.143. The monoisotopic (exact) mass is 361 g/mol. The number of fused-ring (bicyclic) bond motifs is 3. The number of rotatable bonds is 2. The van der Waals surface area contributed by atoms with E-state index in [2.05, 4.69) is 0 Å². The molecule has 1 aromatic heterocycles. The molecule has 2 saturated heterocycles. The summed E-state index contributed by atoms with van der Waals surface area (Å²) in [5.74, 6) is 0.139. The Labute approximate surface area is 152 Å². The van der Waals surface area contributed by atoms with Crippen LogP contribution in [-0.4, -0.2) is 34.1 Å². The van der Waals surface area contributed by atoms with Crippen molar-refractivity contribution in [3.05, 3.63) is 34.0 Å². The molecule has 1 N–H and O–H groups in total. The predicted octanol–water partition coefficient (Wildman–Crippen LogP) is 4.15. The molecule has 4 rings (SSSR count). The van der Waals surface area contributed by atoms with Crippen LogP contribution in [-0.2, 0) is 11.2 Å². The topological polar surface area (TPSA) is 53.7 Å². The fourth-order valence-corrected chi connectivity index (χ4v) is 4.90. The second-order valence-electron chi connectivity index (χ2n) is 7.61. The summed E-state index contributed by atoms with van der Waals surface area (Å²) in [6, 6.07) is 2.30. The molecule has 3 atom stereocenters. The zero-order valence-electron chi connectivity index (χ0n) is 14.7. The number of carbonyl (C=O) groups is 1. The minimum Gasteiger partial charge on any atom is -0.464 e. The molecule has 5 heteroatoms. The standard InChI is InChI=1S/C20H24ClNO3/c1-11-6-17-19(12(2)20(11)21)13(10-25-17)7-18(24)22-14-4-3-5-15(22)9-16(23)8-14/h6,10,14-16,23H,3-5,7-9H2,1-2H3/t14-,15+,16?. The van der Waals surface area contributed by atoms with Crippen molar-refractivity contribution in [3.8, 4) is 0 Å². The molecule has 2 aromatic rings. The smallest absolute Gasteiger partial charge is 0.227 e. The molecule has 3 heterocycles. The Morgan fingerprint density at radius 2 is 2.00 bits per heavy atom. The Morgan fingerprint density at radius 3 is 2.68 bits per heavy atom. The summed E-state index contributed by atoms with van der Waals surface area (Å²) in [5, 5.41) is 11.7. The molecule has 0 aliphatic carbocycles. The van der Waals surface area contributed by atoms with Gasteiger partial charge in [0, 0.05) is 28.1 Å². The maximum absolute atomic E-state index is 13.1. The molecule has 2 fully saturated rings. The molecule has 1 aromatic carbocycles. The zero-order valence-corrected chi connectivity index (χ0v) is 15.5. The maximum Gasteiger partial charge on any atom is 0.227 e. The first-order chi connectivity index (χ1) is 12.0. The Morgan fingerprint density at radius 1 is 1.32 bits per heavy atom. The molecular weight excluding hydrogens is 338 g/mol. The Balaban J connectivity index is 1.63. The molecule has 4 nitrogen and oxygen atoms in total. The van der Waals surface area contributed by atoms with E-state index in [4.69, 9.17) is 16.0 Å². The summed E-state index contributed by atoms with van der Waals surface area (Å²) in [6.07, 6.45) is 6.31. The van der Waals surface area contributed by atoms with Crippen LogP contribution < -0.4 is 0 Å². The first-order valence-corrected chi connectivity index (χ1v) is 9.48. The first kappa shape index (κ1) is 16.9. The lowest BCUT2D eigenvalue weighted by Gasteiger charge is -2.47. The summed E-state index contributed by atoms with van der Waals surface area (Å²) >= 11 is 6.40. The van der Waals surface area contributed by atoms with Crippen molar-refractivity contribution >= 4 is 28.5 Å². The van der Waals surface area contributed by atoms with Crippen molar-refractivity contribution in [1.82, 2.24) is 4.90 Å². The second-order valence-corrected chi connectivity index (χ2v) is 7.99. The molecule has 2 bridgehead atoms. The number of aliphatic hydroxyl groups excluding tert-OH is 1. The quantitative estimate of drug-likeness (QED) is 0.874. The minimum atomic E-state index is -0.266. The summed E-state index contributed by atoms with van der Waals surface area (Å²) < 4.78 is 5.70. The molecule has 134 valence electrons. The summed E-state index contributed by atoms with van der Waals surface area (Å²) in [6.45, 7) is 3.94. The van der Waals surface area contributed by atoms with E-state index in [0.29, 0.717) is 19.3 Å². The minimum absolute atomic E-state index is 0.139. The Kier molecular flexibility index (Phi) is 4.28. The highest BCUT2D eigenvalue weighted by molar-refractivity contribution is 6.33. The predicted molar refractivity (Wildman–Crippen MR) is 97.9 cm³/mol. The van der Waals surface area contributed by atoms with Crippen molar-refractivity contribution in [2.24, 2.45) is 0 Å². The Bertz CT molecular complexity index is 814. The zero-order chi connectivity index (χ0) is 17.7. The van der Waals surface area contributed by atoms with E-state index in [1.54, 1.807) is 6.26 Å². The van der Waals surface area contributed by atoms with Crippen LogP contribution in [0.1, 0.15) is 48.8 Å². The van der Waals surface area contributed by atoms with Gasteiger partial charge in [0.2, 0.25) is 5.91 Å². The van der Waals surface area contributed by atoms with Crippen LogP contribution >= 0.6 is 11.6 Å². The van der Waals surface area contributed by atoms with Gasteiger partial charge in [0.25, 0.3) is 0 Å². The molecule has 0 spiro atoms. The largest absolute Gasteiger partial charge is 0.464 e. The average molecular weight is 362 g/mol. The van der Waals surface area contributed by atoms with Gasteiger partial charge in [-0.15, -0.1) is 0 Å². The second kappa shape index (κ2) is 6.33. The average Bonchev–Trinajstić information content (AvgIpc) is 2.94. The van der Waals surface area contributed by atoms with E-state index in [9.17, 15) is 9.90 Å². The molecule has 0 radical (unpaired) electrons. The van der Waals surface area contributed by atoms with Crippen LogP contribution in [0.2, 0.25) is 5.02 Å². The number of furan rings is 1. The van der Waals surface area contributed by atoms with Gasteiger partial charge >= 0.3 is 0 Å². The van der Waals surface area contributed by atoms with Crippen LogP contribution in [0.15, 0.2) is 16.7 Å². The molecular formula is C20H24ClNO3. The highest BCUT2D eigenvalue weighted by Gasteiger charge is 2.40. The number of halogens is 1. The van der Waals surface area contributed by atoms with Gasteiger partial charge in [-0.25, -0.2) is 0 Å². The van der Waals surface area contributed by atoms with E-state index in [-0.39, 0.29) is 24.1 Å². The van der Waals surface area contributed by atoms with Gasteiger partial charge < -0.3 is 14.4 Å². The van der Waals surface area contributed by atoms with Gasteiger partial charge in [0.1, 0.15) is 5.58 Å². The van der Waals surface area contributed by atoms with Crippen molar-refractivity contribution in [2.75, 3.05) is 0 Å². The lowest BCUT2D eigenvalue weighted by Crippen LogP contribution is -2.56. The van der Waals surface area contributed by atoms with Gasteiger partial charge in [-0.1, -0.05) is 11.6 Å². The van der Waals surface area contributed by atoms with Crippen molar-refractivity contribution < 1.29 is 14.3 Å². The number of carbonyl (C=O) groups excluding carboxylic acids is 1. The van der Waals surface area contributed by atoms with E-state index >= 15 is 0 Å². The maximum atomic E-state index is 13.1. The lowest BCUT2D eigenvalue weighted by atomic mass is 9.82. The number of amides is 1. The van der Waals surface area contributed by atoms with E-state index in [1.807, 2.05) is 24.8 Å². The first-order valence-electron chi connectivity index (χ1n) is 9.10. The highest BCUT2D eigenvalue weighted by Crippen LogP contribution is 2.36. The van der Waals surface area contributed by atoms with Crippen LogP contribution in [0.5, 0.6) is 0 Å². The number of benzene rings is 1. The molecule has 2 aliphatic rings. The number of nitrogens with zero attached hydrogens (tertiary/aromatic N) is 1. The van der Waals surface area contributed by atoms with Gasteiger partial charge in [0.05, 0.1) is 18.8 Å². The van der Waals surface area contributed by atoms with Crippen LogP contribution in [0.3, 0.4) is 0 Å². The Hall–Kier alpha value is -1.52. The number of hydrogen-bond donors (Lipinski definition) is 1. The molecule has 1 unspecified atom stereocenters. The van der Waals surface area contributed by atoms with E-state index in [1.165, 1.54) is 0 Å². The summed E-state index contributed by atoms with van der Waals surface area (Å²) in [4.78, 5) is 15.1. The number of piperidine rings is 2. The van der Waals surface area contributed by atoms with Crippen molar-refractivity contribution in [1.29, 1.82) is 0 Å². The third kappa shape index (κ3) is 2.85.